The first-order valence-corrected chi connectivity index (χ1v) is 11.9. The fourth-order valence-electron chi connectivity index (χ4n) is 6.36. The molecule has 5 atom stereocenters. The standard InChI is InChI=1S/C26H26FN3O4/c27-19-6-1-2-7-20(19)29-8-10-30(11-9-29)25(32)15-4-3-5-17(12-15)28-24(31)22-16-13-18-21(14-16)34-26(33)23(18)22/h1-7,12,16,18,21-23H,8-11,13-14H2,(H,28,31)/t16-,18+,21-,22+,23-/m1/s1. The van der Waals surface area contributed by atoms with Gasteiger partial charge in [-0.2, -0.15) is 0 Å². The number of fused-ring (bicyclic) bond motifs is 1. The van der Waals surface area contributed by atoms with Gasteiger partial charge in [0.2, 0.25) is 5.91 Å². The minimum absolute atomic E-state index is 0.00801. The molecule has 7 nitrogen and oxygen atoms in total. The summed E-state index contributed by atoms with van der Waals surface area (Å²) in [6, 6.07) is 13.6. The molecule has 0 spiro atoms. The maximum absolute atomic E-state index is 14.1. The third kappa shape index (κ3) is 3.43. The molecule has 176 valence electrons. The third-order valence-electron chi connectivity index (χ3n) is 7.92. The molecule has 2 amide bonds. The number of nitrogens with one attached hydrogen (secondary N) is 1. The van der Waals surface area contributed by atoms with Gasteiger partial charge in [0, 0.05) is 43.3 Å². The summed E-state index contributed by atoms with van der Waals surface area (Å²) < 4.78 is 19.5. The molecule has 4 aliphatic rings. The minimum atomic E-state index is -0.359. The molecule has 1 N–H and O–H groups in total. The number of nitrogens with zero attached hydrogens (tertiary/aromatic N) is 2. The number of hydrogen-bond donors (Lipinski definition) is 1. The number of amides is 2. The average molecular weight is 464 g/mol. The van der Waals surface area contributed by atoms with E-state index in [0.29, 0.717) is 43.1 Å². The van der Waals surface area contributed by atoms with E-state index in [4.69, 9.17) is 4.74 Å². The number of halogens is 1. The largest absolute Gasteiger partial charge is 0.462 e. The Hall–Kier alpha value is -3.42. The van der Waals surface area contributed by atoms with Gasteiger partial charge in [0.25, 0.3) is 5.91 Å². The summed E-state index contributed by atoms with van der Waals surface area (Å²) >= 11 is 0. The molecule has 0 aromatic heterocycles. The van der Waals surface area contributed by atoms with E-state index < -0.39 is 0 Å². The van der Waals surface area contributed by atoms with Gasteiger partial charge in [0.15, 0.2) is 0 Å². The summed E-state index contributed by atoms with van der Waals surface area (Å²) in [7, 11) is 0. The lowest BCUT2D eigenvalue weighted by molar-refractivity contribution is -0.145. The molecule has 2 saturated heterocycles. The number of piperazine rings is 1. The maximum atomic E-state index is 14.1. The van der Waals surface area contributed by atoms with Gasteiger partial charge in [0.1, 0.15) is 11.9 Å². The molecule has 2 bridgehead atoms. The molecule has 2 aliphatic heterocycles. The molecule has 0 radical (unpaired) electrons. The topological polar surface area (TPSA) is 78.9 Å². The second-order valence-electron chi connectivity index (χ2n) is 9.72. The van der Waals surface area contributed by atoms with Crippen molar-refractivity contribution in [1.82, 2.24) is 4.90 Å². The first-order valence-electron chi connectivity index (χ1n) is 11.9. The van der Waals surface area contributed by atoms with E-state index in [2.05, 4.69) is 5.32 Å². The highest BCUT2D eigenvalue weighted by molar-refractivity contribution is 5.99. The number of carbonyl (C=O) groups is 3. The van der Waals surface area contributed by atoms with Gasteiger partial charge in [-0.25, -0.2) is 4.39 Å². The summed E-state index contributed by atoms with van der Waals surface area (Å²) in [4.78, 5) is 42.1. The summed E-state index contributed by atoms with van der Waals surface area (Å²) in [5.74, 6) is -1.13. The van der Waals surface area contributed by atoms with Crippen molar-refractivity contribution >= 4 is 29.2 Å². The van der Waals surface area contributed by atoms with Crippen LogP contribution in [-0.2, 0) is 14.3 Å². The van der Waals surface area contributed by atoms with Gasteiger partial charge < -0.3 is 19.9 Å². The Kier molecular flexibility index (Phi) is 5.04. The van der Waals surface area contributed by atoms with Crippen molar-refractivity contribution in [3.05, 3.63) is 59.9 Å². The number of esters is 1. The van der Waals surface area contributed by atoms with Crippen LogP contribution < -0.4 is 10.2 Å². The van der Waals surface area contributed by atoms with E-state index in [1.165, 1.54) is 6.07 Å². The SMILES string of the molecule is O=C1O[C@@H]2C[C@H]3C[C@@H]2[C@@H]1[C@H]3C(=O)Nc1cccc(C(=O)N2CCN(c3ccccc3F)CC2)c1. The van der Waals surface area contributed by atoms with Gasteiger partial charge in [0.05, 0.1) is 17.5 Å². The molecular weight excluding hydrogens is 437 g/mol. The van der Waals surface area contributed by atoms with Crippen molar-refractivity contribution in [2.45, 2.75) is 18.9 Å². The third-order valence-corrected chi connectivity index (χ3v) is 7.92. The highest BCUT2D eigenvalue weighted by Gasteiger charge is 2.63. The number of para-hydroxylation sites is 1. The van der Waals surface area contributed by atoms with Gasteiger partial charge in [-0.15, -0.1) is 0 Å². The Morgan fingerprint density at radius 2 is 1.79 bits per heavy atom. The summed E-state index contributed by atoms with van der Waals surface area (Å²) in [6.45, 7) is 2.07. The molecule has 34 heavy (non-hydrogen) atoms. The molecule has 2 aromatic rings. The first-order chi connectivity index (χ1) is 16.5. The molecule has 2 aromatic carbocycles. The van der Waals surface area contributed by atoms with Crippen LogP contribution in [0.15, 0.2) is 48.5 Å². The zero-order chi connectivity index (χ0) is 23.4. The highest BCUT2D eigenvalue weighted by atomic mass is 19.1. The number of rotatable bonds is 4. The van der Waals surface area contributed by atoms with Crippen LogP contribution in [0.4, 0.5) is 15.8 Å². The zero-order valence-electron chi connectivity index (χ0n) is 18.7. The zero-order valence-corrected chi connectivity index (χ0v) is 18.7. The van der Waals surface area contributed by atoms with Crippen LogP contribution in [0.3, 0.4) is 0 Å². The fraction of sp³-hybridized carbons (Fsp3) is 0.423. The minimum Gasteiger partial charge on any atom is -0.462 e. The van der Waals surface area contributed by atoms with Crippen LogP contribution >= 0.6 is 0 Å². The number of carbonyl (C=O) groups excluding carboxylic acids is 3. The van der Waals surface area contributed by atoms with Crippen LogP contribution in [0.2, 0.25) is 0 Å². The van der Waals surface area contributed by atoms with Crippen molar-refractivity contribution in [3.8, 4) is 0 Å². The van der Waals surface area contributed by atoms with Gasteiger partial charge in [-0.1, -0.05) is 18.2 Å². The summed E-state index contributed by atoms with van der Waals surface area (Å²) in [5, 5.41) is 2.94. The predicted molar refractivity (Wildman–Crippen MR) is 123 cm³/mol. The van der Waals surface area contributed by atoms with E-state index >= 15 is 0 Å². The molecule has 6 rings (SSSR count). The van der Waals surface area contributed by atoms with Crippen LogP contribution in [0.25, 0.3) is 0 Å². The molecule has 2 saturated carbocycles. The number of hydrogen-bond acceptors (Lipinski definition) is 5. The van der Waals surface area contributed by atoms with E-state index in [-0.39, 0.29) is 53.4 Å². The molecule has 2 aliphatic carbocycles. The van der Waals surface area contributed by atoms with Gasteiger partial charge in [-0.3, -0.25) is 14.4 Å². The Morgan fingerprint density at radius 1 is 1.00 bits per heavy atom. The highest BCUT2D eigenvalue weighted by Crippen LogP contribution is 2.57. The fourth-order valence-corrected chi connectivity index (χ4v) is 6.36. The summed E-state index contributed by atoms with van der Waals surface area (Å²) in [5.41, 5.74) is 1.59. The molecular formula is C26H26FN3O4. The number of benzene rings is 2. The summed E-state index contributed by atoms with van der Waals surface area (Å²) in [6.07, 6.45) is 1.63. The van der Waals surface area contributed by atoms with Gasteiger partial charge in [-0.05, 0) is 49.1 Å². The average Bonchev–Trinajstić information content (AvgIpc) is 3.47. The Balaban J connectivity index is 1.11. The second-order valence-corrected chi connectivity index (χ2v) is 9.72. The van der Waals surface area contributed by atoms with Crippen LogP contribution in [0, 0.1) is 29.5 Å². The molecule has 2 heterocycles. The first kappa shape index (κ1) is 21.1. The van der Waals surface area contributed by atoms with Crippen molar-refractivity contribution < 1.29 is 23.5 Å². The van der Waals surface area contributed by atoms with Crippen molar-refractivity contribution in [1.29, 1.82) is 0 Å². The number of anilines is 2. The Bertz CT molecular complexity index is 1160. The lowest BCUT2D eigenvalue weighted by Gasteiger charge is -2.36. The van der Waals surface area contributed by atoms with E-state index in [1.54, 1.807) is 47.4 Å². The molecule has 8 heteroatoms. The lowest BCUT2D eigenvalue weighted by atomic mass is 9.79. The van der Waals surface area contributed by atoms with E-state index in [1.807, 2.05) is 4.90 Å². The Morgan fingerprint density at radius 3 is 2.59 bits per heavy atom. The van der Waals surface area contributed by atoms with Gasteiger partial charge >= 0.3 is 5.97 Å². The quantitative estimate of drug-likeness (QED) is 0.706. The predicted octanol–water partition coefficient (Wildman–Crippen LogP) is 2.92. The normalized spacial score (nSPS) is 29.3. The Labute approximate surface area is 196 Å². The van der Waals surface area contributed by atoms with Crippen LogP contribution in [0.5, 0.6) is 0 Å². The monoisotopic (exact) mass is 463 g/mol. The van der Waals surface area contributed by atoms with Crippen LogP contribution in [0.1, 0.15) is 23.2 Å². The van der Waals surface area contributed by atoms with Crippen LogP contribution in [-0.4, -0.2) is 55.0 Å². The second kappa shape index (κ2) is 8.11. The smallest absolute Gasteiger partial charge is 0.310 e. The maximum Gasteiger partial charge on any atom is 0.310 e. The lowest BCUT2D eigenvalue weighted by Crippen LogP contribution is -2.49. The number of ether oxygens (including phenoxy) is 1. The molecule has 4 fully saturated rings. The molecule has 0 unspecified atom stereocenters. The van der Waals surface area contributed by atoms with E-state index in [0.717, 1.165) is 12.8 Å². The van der Waals surface area contributed by atoms with Crippen molar-refractivity contribution in [3.63, 3.8) is 0 Å². The van der Waals surface area contributed by atoms with E-state index in [9.17, 15) is 18.8 Å². The van der Waals surface area contributed by atoms with Crippen molar-refractivity contribution in [2.75, 3.05) is 36.4 Å². The van der Waals surface area contributed by atoms with Crippen molar-refractivity contribution in [2.24, 2.45) is 23.7 Å².